The molecule has 1 aromatic carbocycles. The van der Waals surface area contributed by atoms with Crippen molar-refractivity contribution in [3.05, 3.63) is 23.8 Å². The molecule has 2 rings (SSSR count). The molecule has 0 spiro atoms. The minimum absolute atomic E-state index is 0.264. The number of carboxylic acids is 1. The van der Waals surface area contributed by atoms with Crippen LogP contribution < -0.4 is 9.47 Å². The van der Waals surface area contributed by atoms with Crippen molar-refractivity contribution in [2.75, 3.05) is 19.8 Å². The maximum atomic E-state index is 11.3. The number of piperidine rings is 1. The smallest absolute Gasteiger partial charge is 0.307 e. The van der Waals surface area contributed by atoms with E-state index in [0.717, 1.165) is 36.4 Å². The summed E-state index contributed by atoms with van der Waals surface area (Å²) in [5.74, 6) is 0.559. The Morgan fingerprint density at radius 1 is 1.22 bits per heavy atom. The van der Waals surface area contributed by atoms with Crippen molar-refractivity contribution in [1.29, 1.82) is 0 Å². The lowest BCUT2D eigenvalue weighted by atomic mass is 9.93. The quantitative estimate of drug-likeness (QED) is 0.836. The van der Waals surface area contributed by atoms with Crippen molar-refractivity contribution in [2.45, 2.75) is 46.2 Å². The van der Waals surface area contributed by atoms with Crippen LogP contribution in [0.1, 0.15) is 39.2 Å². The van der Waals surface area contributed by atoms with Gasteiger partial charge in [-0.2, -0.15) is 0 Å². The molecule has 0 amide bonds. The summed E-state index contributed by atoms with van der Waals surface area (Å²) in [7, 11) is 0. The van der Waals surface area contributed by atoms with E-state index in [-0.39, 0.29) is 5.92 Å². The van der Waals surface area contributed by atoms with Crippen LogP contribution in [-0.2, 0) is 11.3 Å². The first-order valence-corrected chi connectivity index (χ1v) is 8.40. The van der Waals surface area contributed by atoms with Gasteiger partial charge in [-0.1, -0.05) is 6.07 Å². The third-order valence-corrected chi connectivity index (χ3v) is 4.35. The molecular formula is C18H27NO4. The Hall–Kier alpha value is -1.75. The van der Waals surface area contributed by atoms with Crippen molar-refractivity contribution >= 4 is 5.97 Å². The first kappa shape index (κ1) is 17.6. The molecule has 1 heterocycles. The predicted octanol–water partition coefficient (Wildman–Crippen LogP) is 3.17. The van der Waals surface area contributed by atoms with Crippen molar-refractivity contribution < 1.29 is 19.4 Å². The van der Waals surface area contributed by atoms with Crippen LogP contribution in [0.3, 0.4) is 0 Å². The van der Waals surface area contributed by atoms with Crippen molar-refractivity contribution in [2.24, 2.45) is 5.92 Å². The molecule has 5 heteroatoms. The van der Waals surface area contributed by atoms with E-state index < -0.39 is 5.97 Å². The highest BCUT2D eigenvalue weighted by Gasteiger charge is 2.29. The number of rotatable bonds is 7. The maximum Gasteiger partial charge on any atom is 0.307 e. The zero-order valence-electron chi connectivity index (χ0n) is 14.2. The van der Waals surface area contributed by atoms with E-state index in [1.807, 2.05) is 32.0 Å². The van der Waals surface area contributed by atoms with Gasteiger partial charge in [-0.25, -0.2) is 0 Å². The Labute approximate surface area is 138 Å². The third kappa shape index (κ3) is 4.61. The zero-order chi connectivity index (χ0) is 16.8. The number of ether oxygens (including phenoxy) is 2. The molecule has 0 saturated carbocycles. The predicted molar refractivity (Wildman–Crippen MR) is 89.0 cm³/mol. The van der Waals surface area contributed by atoms with Gasteiger partial charge in [0.15, 0.2) is 11.5 Å². The second-order valence-corrected chi connectivity index (χ2v) is 6.04. The molecule has 0 radical (unpaired) electrons. The Morgan fingerprint density at radius 3 is 2.57 bits per heavy atom. The van der Waals surface area contributed by atoms with Gasteiger partial charge >= 0.3 is 5.97 Å². The zero-order valence-corrected chi connectivity index (χ0v) is 14.2. The average Bonchev–Trinajstić information content (AvgIpc) is 2.52. The fourth-order valence-electron chi connectivity index (χ4n) is 3.03. The molecule has 23 heavy (non-hydrogen) atoms. The standard InChI is InChI=1S/C18H27NO4/c1-4-22-16-9-7-14(10-17(16)23-5-2)11-19-12-15(18(20)21)8-6-13(19)3/h7,9-10,13,15H,4-6,8,11-12H2,1-3H3,(H,20,21). The topological polar surface area (TPSA) is 59.0 Å². The second-order valence-electron chi connectivity index (χ2n) is 6.04. The normalized spacial score (nSPS) is 21.9. The molecule has 5 nitrogen and oxygen atoms in total. The highest BCUT2D eigenvalue weighted by Crippen LogP contribution is 2.30. The molecule has 128 valence electrons. The average molecular weight is 321 g/mol. The molecule has 1 saturated heterocycles. The molecule has 2 unspecified atom stereocenters. The minimum atomic E-state index is -0.691. The fourth-order valence-corrected chi connectivity index (χ4v) is 3.03. The molecular weight excluding hydrogens is 294 g/mol. The number of aliphatic carboxylic acids is 1. The first-order valence-electron chi connectivity index (χ1n) is 8.40. The molecule has 0 aliphatic carbocycles. The number of hydrogen-bond acceptors (Lipinski definition) is 4. The number of nitrogens with zero attached hydrogens (tertiary/aromatic N) is 1. The molecule has 1 aliphatic heterocycles. The Bertz CT molecular complexity index is 532. The summed E-state index contributed by atoms with van der Waals surface area (Å²) in [6.07, 6.45) is 1.69. The highest BCUT2D eigenvalue weighted by molar-refractivity contribution is 5.70. The van der Waals surface area contributed by atoms with E-state index in [1.165, 1.54) is 0 Å². The van der Waals surface area contributed by atoms with Crippen molar-refractivity contribution in [3.8, 4) is 11.5 Å². The maximum absolute atomic E-state index is 11.3. The summed E-state index contributed by atoms with van der Waals surface area (Å²) in [6.45, 7) is 8.59. The molecule has 1 aliphatic rings. The number of carboxylic acid groups (broad SMARTS) is 1. The Kier molecular flexibility index (Phi) is 6.28. The third-order valence-electron chi connectivity index (χ3n) is 4.35. The number of hydrogen-bond donors (Lipinski definition) is 1. The van der Waals surface area contributed by atoms with E-state index in [4.69, 9.17) is 9.47 Å². The van der Waals surface area contributed by atoms with Crippen LogP contribution >= 0.6 is 0 Å². The van der Waals surface area contributed by atoms with Gasteiger partial charge in [-0.15, -0.1) is 0 Å². The summed E-state index contributed by atoms with van der Waals surface area (Å²) in [6, 6.07) is 6.37. The second kappa shape index (κ2) is 8.20. The van der Waals surface area contributed by atoms with Crippen LogP contribution in [0.25, 0.3) is 0 Å². The largest absolute Gasteiger partial charge is 0.490 e. The van der Waals surface area contributed by atoms with Gasteiger partial charge in [0.05, 0.1) is 19.1 Å². The fraction of sp³-hybridized carbons (Fsp3) is 0.611. The van der Waals surface area contributed by atoms with E-state index in [2.05, 4.69) is 11.8 Å². The number of benzene rings is 1. The molecule has 1 fully saturated rings. The Balaban J connectivity index is 2.11. The molecule has 0 aromatic heterocycles. The molecule has 0 bridgehead atoms. The van der Waals surface area contributed by atoms with E-state index >= 15 is 0 Å². The molecule has 1 aromatic rings. The number of carbonyl (C=O) groups is 1. The van der Waals surface area contributed by atoms with Crippen LogP contribution in [0.2, 0.25) is 0 Å². The monoisotopic (exact) mass is 321 g/mol. The lowest BCUT2D eigenvalue weighted by molar-refractivity contribution is -0.144. The summed E-state index contributed by atoms with van der Waals surface area (Å²) < 4.78 is 11.3. The van der Waals surface area contributed by atoms with E-state index in [1.54, 1.807) is 0 Å². The summed E-state index contributed by atoms with van der Waals surface area (Å²) in [5.41, 5.74) is 1.12. The van der Waals surface area contributed by atoms with Crippen LogP contribution in [0.4, 0.5) is 0 Å². The van der Waals surface area contributed by atoms with Gasteiger partial charge in [0, 0.05) is 19.1 Å². The van der Waals surface area contributed by atoms with Gasteiger partial charge in [0.2, 0.25) is 0 Å². The van der Waals surface area contributed by atoms with Crippen LogP contribution in [0, 0.1) is 5.92 Å². The van der Waals surface area contributed by atoms with E-state index in [0.29, 0.717) is 25.8 Å². The summed E-state index contributed by atoms with van der Waals surface area (Å²) >= 11 is 0. The van der Waals surface area contributed by atoms with Gasteiger partial charge in [0.25, 0.3) is 0 Å². The minimum Gasteiger partial charge on any atom is -0.490 e. The van der Waals surface area contributed by atoms with Gasteiger partial charge in [-0.05, 0) is 51.3 Å². The van der Waals surface area contributed by atoms with Crippen LogP contribution in [0.15, 0.2) is 18.2 Å². The van der Waals surface area contributed by atoms with E-state index in [9.17, 15) is 9.90 Å². The number of likely N-dealkylation sites (tertiary alicyclic amines) is 1. The summed E-state index contributed by atoms with van der Waals surface area (Å²) in [4.78, 5) is 13.5. The lowest BCUT2D eigenvalue weighted by Gasteiger charge is -2.36. The summed E-state index contributed by atoms with van der Waals surface area (Å²) in [5, 5.41) is 9.25. The molecule has 1 N–H and O–H groups in total. The Morgan fingerprint density at radius 2 is 1.91 bits per heavy atom. The highest BCUT2D eigenvalue weighted by atomic mass is 16.5. The van der Waals surface area contributed by atoms with Gasteiger partial charge in [0.1, 0.15) is 0 Å². The van der Waals surface area contributed by atoms with Crippen LogP contribution in [0.5, 0.6) is 11.5 Å². The van der Waals surface area contributed by atoms with Crippen molar-refractivity contribution in [1.82, 2.24) is 4.90 Å². The van der Waals surface area contributed by atoms with Crippen LogP contribution in [-0.4, -0.2) is 41.8 Å². The molecule has 2 atom stereocenters. The van der Waals surface area contributed by atoms with Gasteiger partial charge < -0.3 is 14.6 Å². The van der Waals surface area contributed by atoms with Crippen molar-refractivity contribution in [3.63, 3.8) is 0 Å². The lowest BCUT2D eigenvalue weighted by Crippen LogP contribution is -2.43. The first-order chi connectivity index (χ1) is 11.0. The van der Waals surface area contributed by atoms with Gasteiger partial charge in [-0.3, -0.25) is 9.69 Å². The SMILES string of the molecule is CCOc1ccc(CN2CC(C(=O)O)CCC2C)cc1OCC.